The van der Waals surface area contributed by atoms with E-state index in [9.17, 15) is 4.79 Å². The minimum absolute atomic E-state index is 0.0534. The first-order valence-electron chi connectivity index (χ1n) is 8.55. The molecule has 0 saturated carbocycles. The Hall–Kier alpha value is -2.20. The zero-order valence-corrected chi connectivity index (χ0v) is 14.8. The second-order valence-corrected chi connectivity index (χ2v) is 6.97. The molecular weight excluding hydrogens is 338 g/mol. The van der Waals surface area contributed by atoms with E-state index in [-0.39, 0.29) is 11.9 Å². The zero-order valence-electron chi connectivity index (χ0n) is 14.1. The second-order valence-electron chi connectivity index (χ2n) is 6.53. The molecule has 2 aliphatic heterocycles. The average Bonchev–Trinajstić information content (AvgIpc) is 3.27. The number of nitrogens with zero attached hydrogens (tertiary/aromatic N) is 1. The summed E-state index contributed by atoms with van der Waals surface area (Å²) >= 11 is 6.05. The van der Waals surface area contributed by atoms with E-state index in [0.717, 1.165) is 42.0 Å². The van der Waals surface area contributed by atoms with E-state index in [2.05, 4.69) is 6.07 Å². The lowest BCUT2D eigenvalue weighted by Crippen LogP contribution is -2.40. The fraction of sp³-hybridized carbons (Fsp3) is 0.350. The van der Waals surface area contributed by atoms with E-state index in [1.807, 2.05) is 35.2 Å². The van der Waals surface area contributed by atoms with E-state index >= 15 is 0 Å². The largest absolute Gasteiger partial charge is 0.497 e. The molecular formula is C20H20ClNO3. The van der Waals surface area contributed by atoms with Crippen LogP contribution in [0, 0.1) is 0 Å². The summed E-state index contributed by atoms with van der Waals surface area (Å²) in [5.74, 6) is 1.63. The van der Waals surface area contributed by atoms with Gasteiger partial charge in [-0.05, 0) is 54.3 Å². The third-order valence-corrected chi connectivity index (χ3v) is 5.22. The number of carbonyl (C=O) groups is 1. The average molecular weight is 358 g/mol. The molecule has 2 aromatic rings. The maximum absolute atomic E-state index is 13.1. The molecule has 4 rings (SSSR count). The van der Waals surface area contributed by atoms with E-state index in [4.69, 9.17) is 21.1 Å². The van der Waals surface area contributed by atoms with Gasteiger partial charge in [-0.1, -0.05) is 23.7 Å². The number of likely N-dealkylation sites (tertiary alicyclic amines) is 1. The number of rotatable bonds is 3. The van der Waals surface area contributed by atoms with Crippen LogP contribution in [0.4, 0.5) is 0 Å². The highest BCUT2D eigenvalue weighted by molar-refractivity contribution is 6.30. The Balaban J connectivity index is 1.53. The Labute approximate surface area is 152 Å². The van der Waals surface area contributed by atoms with Gasteiger partial charge in [0.05, 0.1) is 13.2 Å². The maximum atomic E-state index is 13.1. The summed E-state index contributed by atoms with van der Waals surface area (Å²) in [6.07, 6.45) is 2.08. The van der Waals surface area contributed by atoms with Gasteiger partial charge in [0.15, 0.2) is 6.10 Å². The Morgan fingerprint density at radius 2 is 2.16 bits per heavy atom. The van der Waals surface area contributed by atoms with Crippen LogP contribution >= 0.6 is 11.6 Å². The Morgan fingerprint density at radius 1 is 1.28 bits per heavy atom. The van der Waals surface area contributed by atoms with Crippen LogP contribution in [-0.4, -0.2) is 30.6 Å². The van der Waals surface area contributed by atoms with Crippen molar-refractivity contribution in [2.45, 2.75) is 31.4 Å². The van der Waals surface area contributed by atoms with Crippen molar-refractivity contribution in [1.29, 1.82) is 0 Å². The molecule has 5 heteroatoms. The number of ether oxygens (including phenoxy) is 2. The van der Waals surface area contributed by atoms with Gasteiger partial charge in [-0.15, -0.1) is 0 Å². The van der Waals surface area contributed by atoms with Crippen LogP contribution in [0.15, 0.2) is 42.5 Å². The number of carbonyl (C=O) groups excluding carboxylic acids is 1. The van der Waals surface area contributed by atoms with Crippen molar-refractivity contribution < 1.29 is 14.3 Å². The Kier molecular flexibility index (Phi) is 4.30. The van der Waals surface area contributed by atoms with Crippen molar-refractivity contribution in [2.75, 3.05) is 13.7 Å². The fourth-order valence-electron chi connectivity index (χ4n) is 3.77. The molecule has 4 nitrogen and oxygen atoms in total. The summed E-state index contributed by atoms with van der Waals surface area (Å²) in [5.41, 5.74) is 2.12. The van der Waals surface area contributed by atoms with Crippen molar-refractivity contribution >= 4 is 17.5 Å². The minimum Gasteiger partial charge on any atom is -0.497 e. The molecule has 1 fully saturated rings. The van der Waals surface area contributed by atoms with Crippen molar-refractivity contribution in [3.05, 3.63) is 58.6 Å². The summed E-state index contributed by atoms with van der Waals surface area (Å²) in [5, 5.41) is 0.672. The lowest BCUT2D eigenvalue weighted by molar-refractivity contribution is -0.138. The van der Waals surface area contributed by atoms with Crippen LogP contribution in [0.1, 0.15) is 30.0 Å². The van der Waals surface area contributed by atoms with Crippen LogP contribution in [0.25, 0.3) is 0 Å². The van der Waals surface area contributed by atoms with Gasteiger partial charge < -0.3 is 14.4 Å². The summed E-state index contributed by atoms with van der Waals surface area (Å²) in [6, 6.07) is 13.6. The van der Waals surface area contributed by atoms with Crippen molar-refractivity contribution in [3.63, 3.8) is 0 Å². The predicted octanol–water partition coefficient (Wildman–Crippen LogP) is 4.02. The lowest BCUT2D eigenvalue weighted by atomic mass is 10.0. The molecule has 0 bridgehead atoms. The molecule has 2 aliphatic rings. The van der Waals surface area contributed by atoms with Gasteiger partial charge >= 0.3 is 0 Å². The highest BCUT2D eigenvalue weighted by atomic mass is 35.5. The molecule has 0 aliphatic carbocycles. The van der Waals surface area contributed by atoms with Crippen LogP contribution in [0.3, 0.4) is 0 Å². The number of hydrogen-bond acceptors (Lipinski definition) is 3. The molecule has 0 N–H and O–H groups in total. The van der Waals surface area contributed by atoms with E-state index < -0.39 is 6.10 Å². The first kappa shape index (κ1) is 16.3. The lowest BCUT2D eigenvalue weighted by Gasteiger charge is -2.27. The third-order valence-electron chi connectivity index (χ3n) is 4.99. The molecule has 2 atom stereocenters. The molecule has 2 aromatic carbocycles. The smallest absolute Gasteiger partial charge is 0.264 e. The fourth-order valence-corrected chi connectivity index (χ4v) is 3.96. The van der Waals surface area contributed by atoms with Crippen LogP contribution < -0.4 is 9.47 Å². The van der Waals surface area contributed by atoms with E-state index in [1.165, 1.54) is 0 Å². The number of benzene rings is 2. The van der Waals surface area contributed by atoms with Gasteiger partial charge in [0.25, 0.3) is 5.91 Å². The minimum atomic E-state index is -0.459. The first-order chi connectivity index (χ1) is 12.2. The molecule has 2 unspecified atom stereocenters. The van der Waals surface area contributed by atoms with Gasteiger partial charge in [-0.2, -0.15) is 0 Å². The van der Waals surface area contributed by atoms with Crippen LogP contribution in [0.2, 0.25) is 5.02 Å². The third kappa shape index (κ3) is 3.07. The summed E-state index contributed by atoms with van der Waals surface area (Å²) in [6.45, 7) is 0.762. The highest BCUT2D eigenvalue weighted by Crippen LogP contribution is 2.37. The quantitative estimate of drug-likeness (QED) is 0.833. The van der Waals surface area contributed by atoms with Gasteiger partial charge in [0.2, 0.25) is 0 Å². The summed E-state index contributed by atoms with van der Waals surface area (Å²) < 4.78 is 11.2. The highest BCUT2D eigenvalue weighted by Gasteiger charge is 2.38. The molecule has 0 spiro atoms. The standard InChI is InChI=1S/C20H20ClNO3/c1-24-16-5-2-4-13(11-16)17-6-3-9-22(17)20(23)19-12-14-10-15(21)7-8-18(14)25-19/h2,4-5,7-8,10-11,17,19H,3,6,9,12H2,1H3. The summed E-state index contributed by atoms with van der Waals surface area (Å²) in [4.78, 5) is 15.0. The number of hydrogen-bond donors (Lipinski definition) is 0. The van der Waals surface area contributed by atoms with E-state index in [0.29, 0.717) is 11.4 Å². The van der Waals surface area contributed by atoms with Crippen molar-refractivity contribution in [1.82, 2.24) is 4.90 Å². The van der Waals surface area contributed by atoms with Gasteiger partial charge in [-0.25, -0.2) is 0 Å². The summed E-state index contributed by atoms with van der Waals surface area (Å²) in [7, 11) is 1.66. The molecule has 0 aromatic heterocycles. The molecule has 2 heterocycles. The topological polar surface area (TPSA) is 38.8 Å². The van der Waals surface area contributed by atoms with E-state index in [1.54, 1.807) is 13.2 Å². The number of amides is 1. The van der Waals surface area contributed by atoms with Crippen molar-refractivity contribution in [3.8, 4) is 11.5 Å². The first-order valence-corrected chi connectivity index (χ1v) is 8.93. The van der Waals surface area contributed by atoms with Crippen LogP contribution in [0.5, 0.6) is 11.5 Å². The number of halogens is 1. The zero-order chi connectivity index (χ0) is 17.4. The molecule has 130 valence electrons. The maximum Gasteiger partial charge on any atom is 0.264 e. The van der Waals surface area contributed by atoms with Gasteiger partial charge in [0.1, 0.15) is 11.5 Å². The van der Waals surface area contributed by atoms with Gasteiger partial charge in [-0.3, -0.25) is 4.79 Å². The molecule has 1 saturated heterocycles. The molecule has 25 heavy (non-hydrogen) atoms. The molecule has 0 radical (unpaired) electrons. The van der Waals surface area contributed by atoms with Crippen LogP contribution in [-0.2, 0) is 11.2 Å². The Morgan fingerprint density at radius 3 is 3.00 bits per heavy atom. The Bertz CT molecular complexity index is 807. The monoisotopic (exact) mass is 357 g/mol. The SMILES string of the molecule is COc1cccc(C2CCCN2C(=O)C2Cc3cc(Cl)ccc3O2)c1. The normalized spacial score (nSPS) is 21.8. The van der Waals surface area contributed by atoms with Gasteiger partial charge in [0, 0.05) is 18.0 Å². The second kappa shape index (κ2) is 6.60. The predicted molar refractivity (Wildman–Crippen MR) is 96.3 cm³/mol. The molecule has 1 amide bonds. The number of fused-ring (bicyclic) bond motifs is 1. The van der Waals surface area contributed by atoms with Crippen molar-refractivity contribution in [2.24, 2.45) is 0 Å². The number of methoxy groups -OCH3 is 1.